The molecule has 0 saturated heterocycles. The first-order valence-corrected chi connectivity index (χ1v) is 0.872. The fourth-order valence-electron chi connectivity index (χ4n) is 0. The third-order valence-electron chi connectivity index (χ3n) is 0.0833. The van der Waals surface area contributed by atoms with Crippen LogP contribution in [0.4, 0.5) is 0 Å². The summed E-state index contributed by atoms with van der Waals surface area (Å²) in [5, 5.41) is 0. The molecule has 0 spiro atoms. The molecule has 0 aromatic rings. The zero-order valence-corrected chi connectivity index (χ0v) is 2.15. The molecule has 0 atom stereocenters. The molecule has 2 radical (unpaired) electrons. The molecule has 0 aliphatic heterocycles. The molecule has 0 rings (SSSR count). The van der Waals surface area contributed by atoms with Crippen LogP contribution >= 0.6 is 0 Å². The van der Waals surface area contributed by atoms with E-state index in [2.05, 4.69) is 6.58 Å². The quantitative estimate of drug-likeness (QED) is 0.352. The topological polar surface area (TPSA) is 0 Å². The molecule has 0 bridgehead atoms. The second kappa shape index (κ2) is 2.30. The van der Waals surface area contributed by atoms with Crippen LogP contribution < -0.4 is 0 Å². The summed E-state index contributed by atoms with van der Waals surface area (Å²) in [6.07, 6.45) is 7.06. The summed E-state index contributed by atoms with van der Waals surface area (Å²) in [6.45, 7) is 4.60. The molecule has 0 nitrogen and oxygen atoms in total. The van der Waals surface area contributed by atoms with Crippen molar-refractivity contribution in [3.8, 4) is 5.92 Å². The Hall–Kier alpha value is -0.700. The van der Waals surface area contributed by atoms with E-state index in [0.717, 1.165) is 6.08 Å². The molecule has 0 heteroatoms. The molecule has 0 aliphatic rings. The normalized spacial score (nSPS) is 3.75. The Bertz CT molecular complexity index is 45.5. The third kappa shape index (κ3) is 1.30. The van der Waals surface area contributed by atoms with Gasteiger partial charge in [0.2, 0.25) is 0 Å². The predicted octanol–water partition coefficient (Wildman–Crippen LogP) is 0.565. The van der Waals surface area contributed by atoms with Crippen molar-refractivity contribution >= 4 is 0 Å². The molecule has 0 aliphatic carbocycles. The van der Waals surface area contributed by atoms with Gasteiger partial charge in [0.15, 0.2) is 0 Å². The highest BCUT2D eigenvalue weighted by Crippen LogP contribution is 1.40. The zero-order valence-electron chi connectivity index (χ0n) is 2.15. The van der Waals surface area contributed by atoms with Crippen LogP contribution in [0, 0.1) is 18.9 Å². The first-order valence-electron chi connectivity index (χ1n) is 0.872. The first-order chi connectivity index (χ1) is 1.91. The highest BCUT2D eigenvalue weighted by atomic mass is 13.3. The lowest BCUT2D eigenvalue weighted by Crippen LogP contribution is -1.24. The van der Waals surface area contributed by atoms with Crippen molar-refractivity contribution in [1.82, 2.24) is 0 Å². The van der Waals surface area contributed by atoms with E-state index in [0.29, 0.717) is 0 Å². The van der Waals surface area contributed by atoms with Crippen LogP contribution in [0.1, 0.15) is 0 Å². The number of hydrogen-bond acceptors (Lipinski definition) is 0. The van der Waals surface area contributed by atoms with E-state index in [4.69, 9.17) is 6.42 Å². The molecule has 4 heavy (non-hydrogen) atoms. The van der Waals surface area contributed by atoms with Crippen LogP contribution in [0.3, 0.4) is 0 Å². The molecular weight excluding hydrogens is 48.0 g/mol. The molecule has 0 aromatic carbocycles. The van der Waals surface area contributed by atoms with Gasteiger partial charge in [-0.1, -0.05) is 12.5 Å². The fourth-order valence-corrected chi connectivity index (χ4v) is 0. The van der Waals surface area contributed by atoms with Gasteiger partial charge in [-0.3, -0.25) is 0 Å². The maximum absolute atomic E-state index is 6.02. The Labute approximate surface area is 26.1 Å². The lowest BCUT2D eigenvalue weighted by atomic mass is 10.7. The minimum Gasteiger partial charge on any atom is -0.0608 e. The van der Waals surface area contributed by atoms with Gasteiger partial charge in [-0.2, -0.15) is 0 Å². The van der Waals surface area contributed by atoms with Crippen LogP contribution in [0.15, 0.2) is 6.08 Å². The summed E-state index contributed by atoms with van der Waals surface area (Å²) in [5.41, 5.74) is 0. The predicted molar refractivity (Wildman–Crippen MR) is 16.0 cm³/mol. The molecule has 0 fully saturated rings. The maximum Gasteiger partial charge on any atom is -0.0102 e. The number of hydrogen-bond donors (Lipinski definition) is 0. The minimum atomic E-state index is 1.04. The highest BCUT2D eigenvalue weighted by molar-refractivity contribution is 4.95. The summed E-state index contributed by atoms with van der Waals surface area (Å²) >= 11 is 0. The molecule has 0 unspecified atom stereocenters. The summed E-state index contributed by atoms with van der Waals surface area (Å²) < 4.78 is 0. The van der Waals surface area contributed by atoms with Gasteiger partial charge < -0.3 is 0 Å². The third-order valence-corrected chi connectivity index (χ3v) is 0.0833. The second-order valence-electron chi connectivity index (χ2n) is 0.311. The Morgan fingerprint density at radius 3 is 2.25 bits per heavy atom. The van der Waals surface area contributed by atoms with Gasteiger partial charge >= 0.3 is 0 Å². The smallest absolute Gasteiger partial charge is 0.0102 e. The SMILES string of the molecule is [C]#CC=[CH]. The van der Waals surface area contributed by atoms with Crippen LogP contribution in [0.25, 0.3) is 0 Å². The summed E-state index contributed by atoms with van der Waals surface area (Å²) in [6, 6.07) is 0. The van der Waals surface area contributed by atoms with Crippen LogP contribution in [0.5, 0.6) is 0 Å². The Morgan fingerprint density at radius 2 is 2.25 bits per heavy atom. The molecule has 0 heterocycles. The van der Waals surface area contributed by atoms with Crippen molar-refractivity contribution in [2.24, 2.45) is 0 Å². The summed E-state index contributed by atoms with van der Waals surface area (Å²) in [5.74, 6) is 1.83. The number of allylic oxidation sites excluding steroid dienone is 1. The van der Waals surface area contributed by atoms with Gasteiger partial charge in [-0.05, 0) is 12.5 Å². The van der Waals surface area contributed by atoms with Crippen molar-refractivity contribution in [2.45, 2.75) is 0 Å². The lowest BCUT2D eigenvalue weighted by Gasteiger charge is -1.35. The summed E-state index contributed by atoms with van der Waals surface area (Å²) in [4.78, 5) is 0. The van der Waals surface area contributed by atoms with Gasteiger partial charge in [-0.25, -0.2) is 0 Å². The fraction of sp³-hybridized carbons (Fsp3) is 0. The Morgan fingerprint density at radius 1 is 2.00 bits per heavy atom. The van der Waals surface area contributed by atoms with Crippen molar-refractivity contribution < 1.29 is 0 Å². The van der Waals surface area contributed by atoms with Gasteiger partial charge in [0, 0.05) is 0 Å². The Kier molecular flexibility index (Phi) is 1.90. The molecule has 0 amide bonds. The van der Waals surface area contributed by atoms with E-state index >= 15 is 0 Å². The standard InChI is InChI=1S/C4H2/c1-3-4-2/h1,3H. The minimum absolute atomic E-state index is 1.04. The van der Waals surface area contributed by atoms with E-state index in [1.807, 2.05) is 5.92 Å². The van der Waals surface area contributed by atoms with Gasteiger partial charge in [-0.15, -0.1) is 0 Å². The molecule has 18 valence electrons. The van der Waals surface area contributed by atoms with Crippen LogP contribution in [-0.4, -0.2) is 0 Å². The van der Waals surface area contributed by atoms with Crippen molar-refractivity contribution in [2.75, 3.05) is 0 Å². The maximum atomic E-state index is 6.02. The van der Waals surface area contributed by atoms with Gasteiger partial charge in [0.25, 0.3) is 0 Å². The second-order valence-corrected chi connectivity index (χ2v) is 0.311. The lowest BCUT2D eigenvalue weighted by molar-refractivity contribution is 2.25. The molecular formula is C4H2. The Balaban J connectivity index is 2.92. The largest absolute Gasteiger partial charge is 0.0608 e. The van der Waals surface area contributed by atoms with Gasteiger partial charge in [0.1, 0.15) is 0 Å². The van der Waals surface area contributed by atoms with Crippen molar-refractivity contribution in [3.05, 3.63) is 19.1 Å². The van der Waals surface area contributed by atoms with E-state index in [1.54, 1.807) is 0 Å². The molecule has 0 saturated carbocycles. The first kappa shape index (κ1) is 3.30. The highest BCUT2D eigenvalue weighted by Gasteiger charge is 1.28. The van der Waals surface area contributed by atoms with Gasteiger partial charge in [0.05, 0.1) is 0 Å². The summed E-state index contributed by atoms with van der Waals surface area (Å²) in [7, 11) is 0. The van der Waals surface area contributed by atoms with E-state index in [-0.39, 0.29) is 0 Å². The van der Waals surface area contributed by atoms with Crippen molar-refractivity contribution in [1.29, 1.82) is 0 Å². The van der Waals surface area contributed by atoms with Crippen LogP contribution in [-0.2, 0) is 0 Å². The van der Waals surface area contributed by atoms with E-state index in [1.165, 1.54) is 0 Å². The van der Waals surface area contributed by atoms with E-state index < -0.39 is 0 Å². The average Bonchev–Trinajstić information content (AvgIpc) is 1.37. The molecule has 0 N–H and O–H groups in total. The van der Waals surface area contributed by atoms with Crippen LogP contribution in [0.2, 0.25) is 0 Å². The number of rotatable bonds is 0. The van der Waals surface area contributed by atoms with E-state index in [9.17, 15) is 0 Å². The zero-order chi connectivity index (χ0) is 3.41. The molecule has 0 aromatic heterocycles. The van der Waals surface area contributed by atoms with Crippen molar-refractivity contribution in [3.63, 3.8) is 0 Å². The monoisotopic (exact) mass is 50.0 g/mol. The average molecular weight is 50.1 g/mol.